The summed E-state index contributed by atoms with van der Waals surface area (Å²) in [6, 6.07) is 3.17. The second-order valence-electron chi connectivity index (χ2n) is 4.28. The van der Waals surface area contributed by atoms with Crippen LogP contribution in [0.3, 0.4) is 0 Å². The molecule has 0 aliphatic rings. The predicted octanol–water partition coefficient (Wildman–Crippen LogP) is 3.58. The molecule has 0 spiro atoms. The van der Waals surface area contributed by atoms with Gasteiger partial charge in [-0.3, -0.25) is 0 Å². The van der Waals surface area contributed by atoms with Crippen molar-refractivity contribution in [1.29, 1.82) is 0 Å². The molecule has 0 saturated carbocycles. The maximum atomic E-state index is 10.5. The molecule has 1 aromatic carbocycles. The molecule has 0 aliphatic carbocycles. The van der Waals surface area contributed by atoms with Gasteiger partial charge in [0.2, 0.25) is 5.75 Å². The highest BCUT2D eigenvalue weighted by Gasteiger charge is 2.16. The van der Waals surface area contributed by atoms with E-state index in [9.17, 15) is 9.90 Å². The Morgan fingerprint density at radius 3 is 2.58 bits per heavy atom. The van der Waals surface area contributed by atoms with Gasteiger partial charge in [0.25, 0.3) is 0 Å². The van der Waals surface area contributed by atoms with Crippen molar-refractivity contribution in [3.8, 4) is 17.2 Å². The lowest BCUT2D eigenvalue weighted by molar-refractivity contribution is 0.142. The van der Waals surface area contributed by atoms with Crippen LogP contribution in [0.1, 0.15) is 38.2 Å². The molecule has 0 bridgehead atoms. The van der Waals surface area contributed by atoms with E-state index in [0.29, 0.717) is 0 Å². The van der Waals surface area contributed by atoms with E-state index in [2.05, 4.69) is 11.7 Å². The number of methoxy groups -OCH3 is 1. The van der Waals surface area contributed by atoms with E-state index in [1.165, 1.54) is 19.6 Å². The van der Waals surface area contributed by atoms with Crippen LogP contribution in [0.4, 0.5) is 4.79 Å². The summed E-state index contributed by atoms with van der Waals surface area (Å²) in [6.45, 7) is 2.14. The van der Waals surface area contributed by atoms with Gasteiger partial charge in [-0.05, 0) is 24.5 Å². The third kappa shape index (κ3) is 4.35. The Morgan fingerprint density at radius 1 is 1.26 bits per heavy atom. The first-order valence-electron chi connectivity index (χ1n) is 6.39. The Bertz CT molecular complexity index is 428. The molecule has 0 aromatic heterocycles. The predicted molar refractivity (Wildman–Crippen MR) is 71.2 cm³/mol. The summed E-state index contributed by atoms with van der Waals surface area (Å²) in [6.07, 6.45) is 3.77. The number of hydrogen-bond donors (Lipinski definition) is 2. The van der Waals surface area contributed by atoms with Gasteiger partial charge in [0.1, 0.15) is 0 Å². The number of aryl methyl sites for hydroxylation is 1. The topological polar surface area (TPSA) is 76.0 Å². The zero-order valence-electron chi connectivity index (χ0n) is 11.3. The average Bonchev–Trinajstić information content (AvgIpc) is 2.37. The first-order valence-corrected chi connectivity index (χ1v) is 6.39. The maximum absolute atomic E-state index is 10.5. The zero-order valence-corrected chi connectivity index (χ0v) is 11.3. The number of rotatable bonds is 7. The average molecular weight is 268 g/mol. The SMILES string of the molecule is CCCCCCc1ccc(OC(=O)O)c(O)c1OC. The van der Waals surface area contributed by atoms with E-state index in [4.69, 9.17) is 9.84 Å². The number of carboxylic acid groups (broad SMARTS) is 1. The van der Waals surface area contributed by atoms with Gasteiger partial charge >= 0.3 is 6.16 Å². The largest absolute Gasteiger partial charge is 0.511 e. The molecule has 19 heavy (non-hydrogen) atoms. The van der Waals surface area contributed by atoms with Crippen LogP contribution in [0.25, 0.3) is 0 Å². The molecule has 106 valence electrons. The number of phenols is 1. The zero-order chi connectivity index (χ0) is 14.3. The normalized spacial score (nSPS) is 10.2. The van der Waals surface area contributed by atoms with Crippen molar-refractivity contribution in [2.24, 2.45) is 0 Å². The van der Waals surface area contributed by atoms with Crippen LogP contribution in [0.2, 0.25) is 0 Å². The van der Waals surface area contributed by atoms with Crippen molar-refractivity contribution in [2.45, 2.75) is 39.0 Å². The Hall–Kier alpha value is -1.91. The quantitative estimate of drug-likeness (QED) is 0.449. The Labute approximate surface area is 112 Å². The highest BCUT2D eigenvalue weighted by Crippen LogP contribution is 2.39. The van der Waals surface area contributed by atoms with E-state index in [0.717, 1.165) is 31.2 Å². The van der Waals surface area contributed by atoms with Crippen LogP contribution in [0.5, 0.6) is 17.2 Å². The van der Waals surface area contributed by atoms with Gasteiger partial charge in [0, 0.05) is 0 Å². The molecule has 1 rings (SSSR count). The molecule has 0 amide bonds. The molecule has 0 aliphatic heterocycles. The summed E-state index contributed by atoms with van der Waals surface area (Å²) in [5.41, 5.74) is 0.855. The van der Waals surface area contributed by atoms with Gasteiger partial charge in [0.05, 0.1) is 7.11 Å². The lowest BCUT2D eigenvalue weighted by Crippen LogP contribution is -2.04. The highest BCUT2D eigenvalue weighted by molar-refractivity contribution is 5.65. The van der Waals surface area contributed by atoms with Crippen molar-refractivity contribution in [1.82, 2.24) is 0 Å². The molecule has 0 atom stereocenters. The number of unbranched alkanes of at least 4 members (excludes halogenated alkanes) is 3. The van der Waals surface area contributed by atoms with E-state index in [1.54, 1.807) is 6.07 Å². The van der Waals surface area contributed by atoms with Crippen LogP contribution in [0.15, 0.2) is 12.1 Å². The number of benzene rings is 1. The summed E-state index contributed by atoms with van der Waals surface area (Å²) >= 11 is 0. The molecule has 2 N–H and O–H groups in total. The lowest BCUT2D eigenvalue weighted by Gasteiger charge is -2.12. The highest BCUT2D eigenvalue weighted by atomic mass is 16.7. The summed E-state index contributed by atoms with van der Waals surface area (Å²) in [4.78, 5) is 10.5. The minimum absolute atomic E-state index is 0.110. The van der Waals surface area contributed by atoms with Crippen molar-refractivity contribution in [2.75, 3.05) is 7.11 Å². The Morgan fingerprint density at radius 2 is 2.00 bits per heavy atom. The number of carbonyl (C=O) groups is 1. The smallest absolute Gasteiger partial charge is 0.502 e. The van der Waals surface area contributed by atoms with Gasteiger partial charge in [-0.15, -0.1) is 0 Å². The van der Waals surface area contributed by atoms with Crippen LogP contribution in [-0.2, 0) is 6.42 Å². The number of phenolic OH excluding ortho intramolecular Hbond substituents is 1. The molecule has 0 radical (unpaired) electrons. The van der Waals surface area contributed by atoms with Crippen LogP contribution in [0, 0.1) is 0 Å². The maximum Gasteiger partial charge on any atom is 0.511 e. The summed E-state index contributed by atoms with van der Waals surface area (Å²) < 4.78 is 9.60. The fourth-order valence-electron chi connectivity index (χ4n) is 1.94. The number of aromatic hydroxyl groups is 1. The Kier molecular flexibility index (Phi) is 5.99. The molecule has 0 unspecified atom stereocenters. The summed E-state index contributed by atoms with van der Waals surface area (Å²) in [5, 5.41) is 18.5. The molecule has 5 heteroatoms. The van der Waals surface area contributed by atoms with Crippen LogP contribution < -0.4 is 9.47 Å². The van der Waals surface area contributed by atoms with Gasteiger partial charge in [-0.1, -0.05) is 32.3 Å². The standard InChI is InChI=1S/C14H20O5/c1-3-4-5-6-7-10-8-9-11(19-14(16)17)12(15)13(10)18-2/h8-9,15H,3-7H2,1-2H3,(H,16,17). The Balaban J connectivity index is 2.82. The fraction of sp³-hybridized carbons (Fsp3) is 0.500. The molecule has 0 fully saturated rings. The summed E-state index contributed by atoms with van der Waals surface area (Å²) in [7, 11) is 1.44. The minimum atomic E-state index is -1.46. The molecule has 0 heterocycles. The van der Waals surface area contributed by atoms with Gasteiger partial charge in [-0.25, -0.2) is 4.79 Å². The van der Waals surface area contributed by atoms with Gasteiger partial charge in [-0.2, -0.15) is 0 Å². The molecule has 5 nitrogen and oxygen atoms in total. The van der Waals surface area contributed by atoms with Crippen LogP contribution in [-0.4, -0.2) is 23.5 Å². The molecule has 1 aromatic rings. The van der Waals surface area contributed by atoms with E-state index in [1.807, 2.05) is 0 Å². The second-order valence-corrected chi connectivity index (χ2v) is 4.28. The molecule has 0 saturated heterocycles. The summed E-state index contributed by atoms with van der Waals surface area (Å²) in [5.74, 6) is -0.0881. The van der Waals surface area contributed by atoms with Gasteiger partial charge < -0.3 is 19.7 Å². The molecular formula is C14H20O5. The second kappa shape index (κ2) is 7.51. The number of hydrogen-bond acceptors (Lipinski definition) is 4. The third-order valence-electron chi connectivity index (χ3n) is 2.88. The van der Waals surface area contributed by atoms with E-state index >= 15 is 0 Å². The fourth-order valence-corrected chi connectivity index (χ4v) is 1.94. The van der Waals surface area contributed by atoms with Crippen molar-refractivity contribution in [3.63, 3.8) is 0 Å². The number of ether oxygens (including phenoxy) is 2. The van der Waals surface area contributed by atoms with E-state index < -0.39 is 6.16 Å². The van der Waals surface area contributed by atoms with Crippen molar-refractivity contribution < 1.29 is 24.5 Å². The first-order chi connectivity index (χ1) is 9.10. The monoisotopic (exact) mass is 268 g/mol. The van der Waals surface area contributed by atoms with Crippen molar-refractivity contribution in [3.05, 3.63) is 17.7 Å². The molecular weight excluding hydrogens is 248 g/mol. The van der Waals surface area contributed by atoms with Crippen molar-refractivity contribution >= 4 is 6.16 Å². The van der Waals surface area contributed by atoms with Gasteiger partial charge in [0.15, 0.2) is 11.5 Å². The third-order valence-corrected chi connectivity index (χ3v) is 2.88. The minimum Gasteiger partial charge on any atom is -0.502 e. The van der Waals surface area contributed by atoms with Crippen LogP contribution >= 0.6 is 0 Å². The first kappa shape index (κ1) is 15.1. The lowest BCUT2D eigenvalue weighted by atomic mass is 10.0. The van der Waals surface area contributed by atoms with E-state index in [-0.39, 0.29) is 17.2 Å².